The number of hydrogen-bond acceptors (Lipinski definition) is 3. The summed E-state index contributed by atoms with van der Waals surface area (Å²) in [4.78, 5) is 8.25. The van der Waals surface area contributed by atoms with Crippen molar-refractivity contribution in [3.63, 3.8) is 0 Å². The molecule has 76 valence electrons. The van der Waals surface area contributed by atoms with E-state index in [1.807, 2.05) is 30.3 Å². The van der Waals surface area contributed by atoms with Crippen LogP contribution in [-0.4, -0.2) is 9.97 Å². The average Bonchev–Trinajstić information content (AvgIpc) is 2.29. The van der Waals surface area contributed by atoms with E-state index in [0.29, 0.717) is 12.5 Å². The van der Waals surface area contributed by atoms with Crippen LogP contribution < -0.4 is 4.74 Å². The van der Waals surface area contributed by atoms with Gasteiger partial charge in [-0.2, -0.15) is 0 Å². The van der Waals surface area contributed by atoms with Gasteiger partial charge in [0.05, 0.1) is 10.2 Å². The van der Waals surface area contributed by atoms with Crippen molar-refractivity contribution < 1.29 is 4.74 Å². The number of aromatic nitrogens is 2. The molecule has 0 fully saturated rings. The highest BCUT2D eigenvalue weighted by Crippen LogP contribution is 2.21. The van der Waals surface area contributed by atoms with Crippen molar-refractivity contribution in [1.29, 1.82) is 0 Å². The summed E-state index contributed by atoms with van der Waals surface area (Å²) in [6.07, 6.45) is 3.44. The van der Waals surface area contributed by atoms with Crippen molar-refractivity contribution in [1.82, 2.24) is 9.97 Å². The quantitative estimate of drug-likeness (QED) is 0.855. The van der Waals surface area contributed by atoms with Crippen LogP contribution in [0.25, 0.3) is 0 Å². The van der Waals surface area contributed by atoms with Gasteiger partial charge in [0.15, 0.2) is 0 Å². The Kier molecular flexibility index (Phi) is 3.29. The van der Waals surface area contributed by atoms with E-state index in [2.05, 4.69) is 25.9 Å². The predicted molar refractivity (Wildman–Crippen MR) is 60.5 cm³/mol. The van der Waals surface area contributed by atoms with Crippen LogP contribution in [0, 0.1) is 0 Å². The lowest BCUT2D eigenvalue weighted by molar-refractivity contribution is 0.287. The molecule has 2 aromatic heterocycles. The van der Waals surface area contributed by atoms with Gasteiger partial charge in [0.2, 0.25) is 5.88 Å². The molecule has 0 aliphatic rings. The summed E-state index contributed by atoms with van der Waals surface area (Å²) in [5.74, 6) is 0.586. The topological polar surface area (TPSA) is 35.0 Å². The van der Waals surface area contributed by atoms with E-state index in [1.54, 1.807) is 12.4 Å². The molecule has 3 nitrogen and oxygen atoms in total. The first kappa shape index (κ1) is 10.1. The first-order chi connectivity index (χ1) is 7.36. The third kappa shape index (κ3) is 2.76. The van der Waals surface area contributed by atoms with Gasteiger partial charge in [-0.15, -0.1) is 0 Å². The van der Waals surface area contributed by atoms with E-state index in [4.69, 9.17) is 4.74 Å². The van der Waals surface area contributed by atoms with Crippen LogP contribution in [-0.2, 0) is 6.61 Å². The fourth-order valence-electron chi connectivity index (χ4n) is 1.10. The second kappa shape index (κ2) is 4.89. The average molecular weight is 265 g/mol. The molecule has 0 spiro atoms. The Morgan fingerprint density at radius 1 is 1.07 bits per heavy atom. The predicted octanol–water partition coefficient (Wildman–Crippen LogP) is 2.82. The molecule has 0 saturated heterocycles. The fraction of sp³-hybridized carbons (Fsp3) is 0.0909. The summed E-state index contributed by atoms with van der Waals surface area (Å²) in [7, 11) is 0. The molecule has 0 N–H and O–H groups in total. The number of pyridine rings is 2. The van der Waals surface area contributed by atoms with E-state index >= 15 is 0 Å². The van der Waals surface area contributed by atoms with E-state index in [0.717, 1.165) is 10.2 Å². The second-order valence-electron chi connectivity index (χ2n) is 2.90. The molecule has 15 heavy (non-hydrogen) atoms. The highest BCUT2D eigenvalue weighted by atomic mass is 79.9. The number of rotatable bonds is 3. The van der Waals surface area contributed by atoms with Gasteiger partial charge in [-0.3, -0.25) is 4.98 Å². The summed E-state index contributed by atoms with van der Waals surface area (Å²) in [5.41, 5.74) is 0.884. The number of ether oxygens (including phenoxy) is 1. The van der Waals surface area contributed by atoms with Crippen molar-refractivity contribution >= 4 is 15.9 Å². The first-order valence-electron chi connectivity index (χ1n) is 4.49. The molecule has 0 amide bonds. The third-order valence-electron chi connectivity index (χ3n) is 1.81. The Hall–Kier alpha value is -1.42. The highest BCUT2D eigenvalue weighted by molar-refractivity contribution is 9.10. The van der Waals surface area contributed by atoms with Crippen molar-refractivity contribution in [3.8, 4) is 5.88 Å². The van der Waals surface area contributed by atoms with Crippen LogP contribution in [0.15, 0.2) is 47.2 Å². The Balaban J connectivity index is 2.03. The second-order valence-corrected chi connectivity index (χ2v) is 3.75. The first-order valence-corrected chi connectivity index (χ1v) is 5.29. The molecule has 0 radical (unpaired) electrons. The minimum atomic E-state index is 0.427. The standard InChI is InChI=1S/C11H9BrN2O/c12-10-5-3-7-14-11(10)15-8-9-4-1-2-6-13-9/h1-7H,8H2. The minimum Gasteiger partial charge on any atom is -0.470 e. The van der Waals surface area contributed by atoms with Gasteiger partial charge in [-0.25, -0.2) is 4.98 Å². The van der Waals surface area contributed by atoms with Crippen LogP contribution >= 0.6 is 15.9 Å². The molecule has 2 rings (SSSR count). The number of nitrogens with zero attached hydrogens (tertiary/aromatic N) is 2. The maximum absolute atomic E-state index is 5.50. The molecule has 0 unspecified atom stereocenters. The maximum atomic E-state index is 5.50. The van der Waals surface area contributed by atoms with Crippen LogP contribution in [0.4, 0.5) is 0 Å². The van der Waals surface area contributed by atoms with Crippen molar-refractivity contribution in [2.45, 2.75) is 6.61 Å². The molecule has 0 aliphatic carbocycles. The molecule has 2 aromatic rings. The van der Waals surface area contributed by atoms with Crippen molar-refractivity contribution in [2.24, 2.45) is 0 Å². The van der Waals surface area contributed by atoms with E-state index < -0.39 is 0 Å². The molecule has 4 heteroatoms. The minimum absolute atomic E-state index is 0.427. The van der Waals surface area contributed by atoms with Crippen LogP contribution in [0.2, 0.25) is 0 Å². The number of halogens is 1. The molecule has 0 aliphatic heterocycles. The van der Waals surface area contributed by atoms with E-state index in [1.165, 1.54) is 0 Å². The maximum Gasteiger partial charge on any atom is 0.228 e. The lowest BCUT2D eigenvalue weighted by atomic mass is 10.4. The van der Waals surface area contributed by atoms with E-state index in [9.17, 15) is 0 Å². The lowest BCUT2D eigenvalue weighted by Crippen LogP contribution is -1.99. The lowest BCUT2D eigenvalue weighted by Gasteiger charge is -2.05. The van der Waals surface area contributed by atoms with Crippen LogP contribution in [0.5, 0.6) is 5.88 Å². The summed E-state index contributed by atoms with van der Waals surface area (Å²) in [6, 6.07) is 9.45. The fourth-order valence-corrected chi connectivity index (χ4v) is 1.47. The molecule has 0 saturated carbocycles. The highest BCUT2D eigenvalue weighted by Gasteiger charge is 2.01. The Morgan fingerprint density at radius 3 is 2.67 bits per heavy atom. The smallest absolute Gasteiger partial charge is 0.228 e. The number of hydrogen-bond donors (Lipinski definition) is 0. The molecular weight excluding hydrogens is 256 g/mol. The monoisotopic (exact) mass is 264 g/mol. The largest absolute Gasteiger partial charge is 0.470 e. The van der Waals surface area contributed by atoms with Gasteiger partial charge in [-0.05, 0) is 40.2 Å². The molecule has 0 bridgehead atoms. The van der Waals surface area contributed by atoms with Crippen molar-refractivity contribution in [2.75, 3.05) is 0 Å². The zero-order valence-electron chi connectivity index (χ0n) is 7.93. The van der Waals surface area contributed by atoms with Gasteiger partial charge < -0.3 is 4.74 Å². The van der Waals surface area contributed by atoms with Gasteiger partial charge >= 0.3 is 0 Å². The summed E-state index contributed by atoms with van der Waals surface area (Å²) >= 11 is 3.36. The zero-order valence-corrected chi connectivity index (χ0v) is 9.52. The molecule has 0 atom stereocenters. The summed E-state index contributed by atoms with van der Waals surface area (Å²) < 4.78 is 6.35. The molecular formula is C11H9BrN2O. The van der Waals surface area contributed by atoms with Crippen molar-refractivity contribution in [3.05, 3.63) is 52.9 Å². The van der Waals surface area contributed by atoms with Gasteiger partial charge in [-0.1, -0.05) is 6.07 Å². The zero-order chi connectivity index (χ0) is 10.5. The Bertz CT molecular complexity index is 434. The normalized spacial score (nSPS) is 9.93. The molecule has 2 heterocycles. The van der Waals surface area contributed by atoms with Gasteiger partial charge in [0, 0.05) is 12.4 Å². The summed E-state index contributed by atoms with van der Waals surface area (Å²) in [6.45, 7) is 0.427. The third-order valence-corrected chi connectivity index (χ3v) is 2.41. The van der Waals surface area contributed by atoms with Crippen LogP contribution in [0.3, 0.4) is 0 Å². The van der Waals surface area contributed by atoms with E-state index in [-0.39, 0.29) is 0 Å². The SMILES string of the molecule is Brc1cccnc1OCc1ccccn1. The Morgan fingerprint density at radius 2 is 1.93 bits per heavy atom. The van der Waals surface area contributed by atoms with Gasteiger partial charge in [0.1, 0.15) is 6.61 Å². The van der Waals surface area contributed by atoms with Crippen LogP contribution in [0.1, 0.15) is 5.69 Å². The molecule has 0 aromatic carbocycles. The summed E-state index contributed by atoms with van der Waals surface area (Å²) in [5, 5.41) is 0. The Labute approximate surface area is 96.3 Å². The van der Waals surface area contributed by atoms with Gasteiger partial charge in [0.25, 0.3) is 0 Å².